The Morgan fingerprint density at radius 1 is 1.28 bits per heavy atom. The van der Waals surface area contributed by atoms with Crippen molar-refractivity contribution in [1.29, 1.82) is 0 Å². The molecule has 0 fully saturated rings. The number of nitrogens with two attached hydrogens (primary N) is 1. The van der Waals surface area contributed by atoms with E-state index in [0.717, 1.165) is 11.9 Å². The van der Waals surface area contributed by atoms with Crippen LogP contribution in [-0.2, 0) is 0 Å². The zero-order valence-corrected chi connectivity index (χ0v) is 11.1. The average Bonchev–Trinajstić information content (AvgIpc) is 2.44. The molecule has 0 amide bonds. The third kappa shape index (κ3) is 2.68. The molecule has 3 heteroatoms. The highest BCUT2D eigenvalue weighted by Crippen LogP contribution is 2.27. The van der Waals surface area contributed by atoms with Crippen molar-refractivity contribution >= 4 is 10.9 Å². The first-order chi connectivity index (χ1) is 8.76. The monoisotopic (exact) mass is 243 g/mol. The quantitative estimate of drug-likeness (QED) is 0.626. The second-order valence-corrected chi connectivity index (χ2v) is 4.89. The van der Waals surface area contributed by atoms with Crippen molar-refractivity contribution in [1.82, 2.24) is 10.4 Å². The van der Waals surface area contributed by atoms with Crippen molar-refractivity contribution in [2.24, 2.45) is 11.8 Å². The Balaban J connectivity index is 2.38. The van der Waals surface area contributed by atoms with Gasteiger partial charge in [-0.2, -0.15) is 0 Å². The predicted molar refractivity (Wildman–Crippen MR) is 75.9 cm³/mol. The second kappa shape index (κ2) is 5.94. The van der Waals surface area contributed by atoms with Gasteiger partial charge in [0.25, 0.3) is 0 Å². The van der Waals surface area contributed by atoms with E-state index < -0.39 is 0 Å². The van der Waals surface area contributed by atoms with Crippen molar-refractivity contribution in [3.8, 4) is 0 Å². The van der Waals surface area contributed by atoms with Gasteiger partial charge in [0.1, 0.15) is 0 Å². The van der Waals surface area contributed by atoms with E-state index in [2.05, 4.69) is 36.4 Å². The molecule has 2 rings (SSSR count). The van der Waals surface area contributed by atoms with Crippen molar-refractivity contribution in [2.45, 2.75) is 32.7 Å². The molecule has 0 spiro atoms. The molecule has 96 valence electrons. The number of hydrogen-bond donors (Lipinski definition) is 2. The molecule has 1 aromatic carbocycles. The number of hydrogen-bond acceptors (Lipinski definition) is 3. The van der Waals surface area contributed by atoms with Crippen LogP contribution in [0, 0.1) is 5.92 Å². The molecule has 0 bridgehead atoms. The van der Waals surface area contributed by atoms with Gasteiger partial charge in [0, 0.05) is 17.6 Å². The molecule has 3 N–H and O–H groups in total. The highest BCUT2D eigenvalue weighted by atomic mass is 15.2. The lowest BCUT2D eigenvalue weighted by atomic mass is 9.93. The average molecular weight is 243 g/mol. The molecule has 0 aliphatic heterocycles. The summed E-state index contributed by atoms with van der Waals surface area (Å²) in [6.07, 6.45) is 4.07. The van der Waals surface area contributed by atoms with Crippen LogP contribution in [-0.4, -0.2) is 4.98 Å². The van der Waals surface area contributed by atoms with Gasteiger partial charge in [0.15, 0.2) is 0 Å². The standard InChI is InChI=1S/C15H21N3/c1-3-11(2)10-15(18-16)13-8-9-17-14-7-5-4-6-12(13)14/h4-9,11,15,18H,3,10,16H2,1-2H3. The van der Waals surface area contributed by atoms with E-state index in [1.54, 1.807) is 0 Å². The first-order valence-corrected chi connectivity index (χ1v) is 6.56. The van der Waals surface area contributed by atoms with Crippen LogP contribution in [0.15, 0.2) is 36.5 Å². The second-order valence-electron chi connectivity index (χ2n) is 4.89. The SMILES string of the molecule is CCC(C)CC(NN)c1ccnc2ccccc12. The highest BCUT2D eigenvalue weighted by Gasteiger charge is 2.15. The minimum absolute atomic E-state index is 0.188. The Labute approximate surface area is 108 Å². The molecule has 0 aliphatic rings. The lowest BCUT2D eigenvalue weighted by molar-refractivity contribution is 0.409. The molecule has 2 aromatic rings. The largest absolute Gasteiger partial charge is 0.271 e. The zero-order valence-electron chi connectivity index (χ0n) is 11.1. The van der Waals surface area contributed by atoms with Gasteiger partial charge < -0.3 is 0 Å². The van der Waals surface area contributed by atoms with E-state index >= 15 is 0 Å². The normalized spacial score (nSPS) is 14.6. The number of fused-ring (bicyclic) bond motifs is 1. The minimum Gasteiger partial charge on any atom is -0.271 e. The topological polar surface area (TPSA) is 50.9 Å². The molecule has 2 atom stereocenters. The number of aromatic nitrogens is 1. The van der Waals surface area contributed by atoms with Gasteiger partial charge in [-0.05, 0) is 30.0 Å². The maximum Gasteiger partial charge on any atom is 0.0705 e. The smallest absolute Gasteiger partial charge is 0.0705 e. The Kier molecular flexibility index (Phi) is 4.28. The number of benzene rings is 1. The summed E-state index contributed by atoms with van der Waals surface area (Å²) in [5.41, 5.74) is 5.21. The molecule has 0 saturated carbocycles. The number of hydrazine groups is 1. The lowest BCUT2D eigenvalue weighted by Gasteiger charge is -2.21. The van der Waals surface area contributed by atoms with Crippen molar-refractivity contribution < 1.29 is 0 Å². The number of pyridine rings is 1. The summed E-state index contributed by atoms with van der Waals surface area (Å²) in [4.78, 5) is 4.39. The first kappa shape index (κ1) is 13.0. The van der Waals surface area contributed by atoms with Gasteiger partial charge in [-0.3, -0.25) is 16.3 Å². The van der Waals surface area contributed by atoms with Gasteiger partial charge in [0.2, 0.25) is 0 Å². The van der Waals surface area contributed by atoms with Crippen molar-refractivity contribution in [3.05, 3.63) is 42.1 Å². The molecule has 18 heavy (non-hydrogen) atoms. The molecule has 1 aromatic heterocycles. The Bertz CT molecular complexity index is 505. The molecule has 0 saturated heterocycles. The number of nitrogens with one attached hydrogen (secondary N) is 1. The molecule has 2 unspecified atom stereocenters. The maximum absolute atomic E-state index is 5.73. The fourth-order valence-corrected chi connectivity index (χ4v) is 2.28. The maximum atomic E-state index is 5.73. The fourth-order valence-electron chi connectivity index (χ4n) is 2.28. The van der Waals surface area contributed by atoms with Crippen LogP contribution in [0.3, 0.4) is 0 Å². The Morgan fingerprint density at radius 2 is 2.06 bits per heavy atom. The first-order valence-electron chi connectivity index (χ1n) is 6.56. The molecule has 1 heterocycles. The van der Waals surface area contributed by atoms with Crippen molar-refractivity contribution in [2.75, 3.05) is 0 Å². The number of para-hydroxylation sites is 1. The summed E-state index contributed by atoms with van der Waals surface area (Å²) in [5.74, 6) is 6.38. The third-order valence-corrected chi connectivity index (χ3v) is 3.59. The Hall–Kier alpha value is -1.45. The fraction of sp³-hybridized carbons (Fsp3) is 0.400. The van der Waals surface area contributed by atoms with Gasteiger partial charge in [0.05, 0.1) is 5.52 Å². The summed E-state index contributed by atoms with van der Waals surface area (Å²) >= 11 is 0. The lowest BCUT2D eigenvalue weighted by Crippen LogP contribution is -2.29. The van der Waals surface area contributed by atoms with E-state index in [9.17, 15) is 0 Å². The molecule has 0 radical (unpaired) electrons. The van der Waals surface area contributed by atoms with Gasteiger partial charge in [-0.15, -0.1) is 0 Å². The van der Waals surface area contributed by atoms with Gasteiger partial charge >= 0.3 is 0 Å². The highest BCUT2D eigenvalue weighted by molar-refractivity contribution is 5.82. The van der Waals surface area contributed by atoms with Crippen LogP contribution in [0.25, 0.3) is 10.9 Å². The minimum atomic E-state index is 0.188. The van der Waals surface area contributed by atoms with E-state index in [-0.39, 0.29) is 6.04 Å². The summed E-state index contributed by atoms with van der Waals surface area (Å²) < 4.78 is 0. The van der Waals surface area contributed by atoms with Gasteiger partial charge in [-0.25, -0.2) is 0 Å². The van der Waals surface area contributed by atoms with Crippen LogP contribution >= 0.6 is 0 Å². The summed E-state index contributed by atoms with van der Waals surface area (Å²) in [6.45, 7) is 4.47. The predicted octanol–water partition coefficient (Wildman–Crippen LogP) is 3.18. The Morgan fingerprint density at radius 3 is 2.78 bits per heavy atom. The molecule has 0 aliphatic carbocycles. The number of nitrogens with zero attached hydrogens (tertiary/aromatic N) is 1. The van der Waals surface area contributed by atoms with Crippen LogP contribution < -0.4 is 11.3 Å². The zero-order chi connectivity index (χ0) is 13.0. The van der Waals surface area contributed by atoms with Crippen LogP contribution in [0.2, 0.25) is 0 Å². The van der Waals surface area contributed by atoms with E-state index in [1.165, 1.54) is 17.4 Å². The van der Waals surface area contributed by atoms with E-state index in [0.29, 0.717) is 5.92 Å². The van der Waals surface area contributed by atoms with Gasteiger partial charge in [-0.1, -0.05) is 38.5 Å². The molecular formula is C15H21N3. The van der Waals surface area contributed by atoms with Crippen LogP contribution in [0.1, 0.15) is 38.3 Å². The van der Waals surface area contributed by atoms with E-state index in [1.807, 2.05) is 24.4 Å². The van der Waals surface area contributed by atoms with Crippen molar-refractivity contribution in [3.63, 3.8) is 0 Å². The molecular weight excluding hydrogens is 222 g/mol. The third-order valence-electron chi connectivity index (χ3n) is 3.59. The van der Waals surface area contributed by atoms with E-state index in [4.69, 9.17) is 5.84 Å². The summed E-state index contributed by atoms with van der Waals surface area (Å²) in [6, 6.07) is 10.5. The van der Waals surface area contributed by atoms with Crippen LogP contribution in [0.5, 0.6) is 0 Å². The number of rotatable bonds is 5. The summed E-state index contributed by atoms with van der Waals surface area (Å²) in [5, 5.41) is 1.19. The summed E-state index contributed by atoms with van der Waals surface area (Å²) in [7, 11) is 0. The molecule has 3 nitrogen and oxygen atoms in total. The van der Waals surface area contributed by atoms with Crippen LogP contribution in [0.4, 0.5) is 0 Å².